The molecule has 9 atom stereocenters. The number of rotatable bonds is 28. The first-order valence-electron chi connectivity index (χ1n) is 23.6. The first-order valence-corrected chi connectivity index (χ1v) is 23.6. The Morgan fingerprint density at radius 3 is 2.15 bits per heavy atom. The highest BCUT2D eigenvalue weighted by atomic mass is 16.5. The van der Waals surface area contributed by atoms with Gasteiger partial charge in [-0.1, -0.05) is 30.4 Å². The summed E-state index contributed by atoms with van der Waals surface area (Å²) < 4.78 is 10.7. The maximum absolute atomic E-state index is 14.3. The number of hydrogen-bond acceptors (Lipinski definition) is 22. The predicted molar refractivity (Wildman–Crippen MR) is 256 cm³/mol. The minimum Gasteiger partial charge on any atom is -0.465 e. The van der Waals surface area contributed by atoms with Gasteiger partial charge in [0.05, 0.1) is 62.6 Å². The zero-order valence-corrected chi connectivity index (χ0v) is 40.3. The minimum atomic E-state index is -1.92. The van der Waals surface area contributed by atoms with Gasteiger partial charge in [-0.2, -0.15) is 4.98 Å². The van der Waals surface area contributed by atoms with Crippen LogP contribution in [-0.2, 0) is 38.0 Å². The van der Waals surface area contributed by atoms with E-state index in [0.717, 1.165) is 49.5 Å². The number of nitrogens with zero attached hydrogens (tertiary/aromatic N) is 10. The molecule has 71 heavy (non-hydrogen) atoms. The van der Waals surface area contributed by atoms with Crippen molar-refractivity contribution in [1.29, 1.82) is 0 Å². The number of nitrogens with two attached hydrogens (primary N) is 1. The summed E-state index contributed by atoms with van der Waals surface area (Å²) in [6, 6.07) is 3.09. The van der Waals surface area contributed by atoms with E-state index in [1.54, 1.807) is 28.4 Å². The fourth-order valence-electron chi connectivity index (χ4n) is 8.38. The summed E-state index contributed by atoms with van der Waals surface area (Å²) in [7, 11) is 2.77. The molecule has 4 aromatic rings. The summed E-state index contributed by atoms with van der Waals surface area (Å²) >= 11 is 0. The van der Waals surface area contributed by atoms with Crippen LogP contribution < -0.4 is 27.2 Å². The molecule has 4 aromatic heterocycles. The first-order chi connectivity index (χ1) is 33.9. The Labute approximate surface area is 409 Å². The molecule has 5 heterocycles. The lowest BCUT2D eigenvalue weighted by Crippen LogP contribution is -2.53. The van der Waals surface area contributed by atoms with Crippen LogP contribution in [0.15, 0.2) is 27.9 Å². The Morgan fingerprint density at radius 1 is 0.901 bits per heavy atom. The summed E-state index contributed by atoms with van der Waals surface area (Å²) in [5.74, 6) is 6.13. The molecule has 0 saturated carbocycles. The van der Waals surface area contributed by atoms with Crippen molar-refractivity contribution in [1.82, 2.24) is 43.6 Å². The van der Waals surface area contributed by atoms with Crippen molar-refractivity contribution in [2.24, 2.45) is 12.8 Å². The van der Waals surface area contributed by atoms with E-state index >= 15 is 0 Å². The summed E-state index contributed by atoms with van der Waals surface area (Å²) in [6.07, 6.45) is -7.28. The standard InChI is InChI=1S/C45H70N12O14/c1-4-5-18-56-36-41(49-44(56)54-16-11-12-27(46)19-54)52(2)45(70)57(42(36)68)22-30-29(43(69)71-3)13-14-35(48-30)47-15-9-7-6-8-10-17-55-21-28(50-51-55)20-53(23-31(60)37(64)39(66)33(62)25-58)24-32(61)38(65)40(67)34(63)26-59/h13-14,21,27,31-34,37-40,58-67H,6-12,15-20,22-26,46H2,1-3H3,(H,47,48)/t27-,31+,32+,33-,34-,37-,38-,39-,40-/m1/s1. The van der Waals surface area contributed by atoms with E-state index in [-0.39, 0.29) is 48.1 Å². The minimum absolute atomic E-state index is 0.0727. The van der Waals surface area contributed by atoms with E-state index in [9.17, 15) is 55.2 Å². The SMILES string of the molecule is CC#CCn1c(N2CCC[C@@H](N)C2)nc2c1c(=O)n(Cc1nc(NCCCCCCCn3cc(CN(C[C@H](O)[C@@H](O)[C@H](O)[C@H](O)CO)C[C@H](O)[C@@H](O)[C@H](O)[C@H](O)CO)nn3)ccc1C(=O)OC)c(=O)n2C. The topological polar surface area (TPSA) is 379 Å². The van der Waals surface area contributed by atoms with Crippen LogP contribution in [0.2, 0.25) is 0 Å². The third kappa shape index (κ3) is 14.6. The third-order valence-electron chi connectivity index (χ3n) is 12.4. The number of esters is 1. The molecule has 0 amide bonds. The van der Waals surface area contributed by atoms with Gasteiger partial charge in [-0.25, -0.2) is 14.6 Å². The molecule has 1 fully saturated rings. The van der Waals surface area contributed by atoms with Crippen LogP contribution in [0.3, 0.4) is 0 Å². The molecule has 26 nitrogen and oxygen atoms in total. The number of carbonyl (C=O) groups excluding carboxylic acids is 1. The summed E-state index contributed by atoms with van der Waals surface area (Å²) in [6.45, 7) is 0.973. The molecule has 5 rings (SSSR count). The van der Waals surface area contributed by atoms with Crippen molar-refractivity contribution in [3.63, 3.8) is 0 Å². The van der Waals surface area contributed by atoms with Crippen LogP contribution in [0.25, 0.3) is 11.2 Å². The van der Waals surface area contributed by atoms with Gasteiger partial charge in [-0.05, 0) is 44.7 Å². The number of imidazole rings is 1. The van der Waals surface area contributed by atoms with Crippen molar-refractivity contribution >= 4 is 28.9 Å². The maximum Gasteiger partial charge on any atom is 0.339 e. The van der Waals surface area contributed by atoms with Crippen LogP contribution in [0.1, 0.15) is 73.6 Å². The van der Waals surface area contributed by atoms with Crippen LogP contribution in [0.4, 0.5) is 11.8 Å². The van der Waals surface area contributed by atoms with Crippen LogP contribution in [0.5, 0.6) is 0 Å². The zero-order valence-electron chi connectivity index (χ0n) is 40.3. The number of ether oxygens (including phenoxy) is 1. The number of aliphatic hydroxyl groups is 10. The van der Waals surface area contributed by atoms with E-state index in [0.29, 0.717) is 43.6 Å². The molecule has 1 aliphatic rings. The van der Waals surface area contributed by atoms with E-state index in [1.165, 1.54) is 29.7 Å². The number of methoxy groups -OCH3 is 1. The molecule has 0 aromatic carbocycles. The number of unbranched alkanes of at least 4 members (excludes halogenated alkanes) is 4. The number of carbonyl (C=O) groups is 1. The largest absolute Gasteiger partial charge is 0.465 e. The van der Waals surface area contributed by atoms with Gasteiger partial charge in [0.1, 0.15) is 42.4 Å². The van der Waals surface area contributed by atoms with Gasteiger partial charge < -0.3 is 71.8 Å². The van der Waals surface area contributed by atoms with Gasteiger partial charge in [0.15, 0.2) is 11.2 Å². The number of nitrogens with one attached hydrogen (secondary N) is 1. The van der Waals surface area contributed by atoms with Crippen molar-refractivity contribution < 1.29 is 60.6 Å². The van der Waals surface area contributed by atoms with Crippen molar-refractivity contribution in [2.45, 2.75) is 133 Å². The van der Waals surface area contributed by atoms with Crippen LogP contribution in [-0.4, -0.2) is 209 Å². The van der Waals surface area contributed by atoms with Gasteiger partial charge in [0, 0.05) is 65.1 Å². The first kappa shape index (κ1) is 56.5. The zero-order chi connectivity index (χ0) is 51.9. The lowest BCUT2D eigenvalue weighted by Gasteiger charge is -2.33. The van der Waals surface area contributed by atoms with Crippen molar-refractivity contribution in [3.05, 3.63) is 56.1 Å². The summed E-state index contributed by atoms with van der Waals surface area (Å²) in [5.41, 5.74) is 6.03. The lowest BCUT2D eigenvalue weighted by molar-refractivity contribution is -0.131. The van der Waals surface area contributed by atoms with Gasteiger partial charge in [0.2, 0.25) is 5.95 Å². The molecule has 0 unspecified atom stereocenters. The number of piperidine rings is 1. The van der Waals surface area contributed by atoms with Crippen molar-refractivity contribution in [3.8, 4) is 11.8 Å². The fourth-order valence-corrected chi connectivity index (χ4v) is 8.38. The highest BCUT2D eigenvalue weighted by molar-refractivity contribution is 5.90. The molecule has 1 saturated heterocycles. The number of fused-ring (bicyclic) bond motifs is 1. The fraction of sp³-hybridized carbons (Fsp3) is 0.667. The van der Waals surface area contributed by atoms with Gasteiger partial charge in [0.25, 0.3) is 5.56 Å². The van der Waals surface area contributed by atoms with Crippen LogP contribution in [0, 0.1) is 11.8 Å². The Balaban J connectivity index is 1.17. The number of aromatic nitrogens is 8. The molecular weight excluding hydrogens is 933 g/mol. The van der Waals surface area contributed by atoms with Crippen molar-refractivity contribution in [2.75, 3.05) is 63.3 Å². The number of anilines is 2. The van der Waals surface area contributed by atoms with Crippen LogP contribution >= 0.6 is 0 Å². The number of pyridine rings is 1. The quantitative estimate of drug-likeness (QED) is 0.0145. The summed E-state index contributed by atoms with van der Waals surface area (Å²) in [4.78, 5) is 53.7. The molecule has 0 bridgehead atoms. The molecular formula is C45H70N12O14. The molecule has 26 heteroatoms. The number of aliphatic hydroxyl groups excluding tert-OH is 10. The Bertz CT molecular complexity index is 2490. The smallest absolute Gasteiger partial charge is 0.339 e. The number of hydrogen-bond donors (Lipinski definition) is 12. The average Bonchev–Trinajstić information content (AvgIpc) is 3.99. The molecule has 1 aliphatic heterocycles. The molecule has 0 spiro atoms. The number of aryl methyl sites for hydroxylation is 2. The lowest BCUT2D eigenvalue weighted by atomic mass is 10.0. The van der Waals surface area contributed by atoms with Gasteiger partial charge in [-0.15, -0.1) is 11.0 Å². The Kier molecular flexibility index (Phi) is 21.4. The Morgan fingerprint density at radius 2 is 1.54 bits per heavy atom. The van der Waals surface area contributed by atoms with Gasteiger partial charge >= 0.3 is 11.7 Å². The second-order valence-corrected chi connectivity index (χ2v) is 17.8. The average molecular weight is 1000 g/mol. The van der Waals surface area contributed by atoms with E-state index in [1.807, 2.05) is 4.90 Å². The summed E-state index contributed by atoms with van der Waals surface area (Å²) in [5, 5.41) is 112. The van der Waals surface area contributed by atoms with Gasteiger partial charge in [-0.3, -0.25) is 28.1 Å². The normalized spacial score (nSPS) is 17.6. The second-order valence-electron chi connectivity index (χ2n) is 17.8. The third-order valence-corrected chi connectivity index (χ3v) is 12.4. The van der Waals surface area contributed by atoms with E-state index < -0.39 is 92.4 Å². The Hall–Kier alpha value is -5.41. The predicted octanol–water partition coefficient (Wildman–Crippen LogP) is -4.59. The monoisotopic (exact) mass is 1000 g/mol. The van der Waals surface area contributed by atoms with E-state index in [4.69, 9.17) is 25.7 Å². The molecule has 0 aliphatic carbocycles. The maximum atomic E-state index is 14.3. The molecule has 0 radical (unpaired) electrons. The highest BCUT2D eigenvalue weighted by Crippen LogP contribution is 2.24. The molecule has 394 valence electrons. The van der Waals surface area contributed by atoms with E-state index in [2.05, 4.69) is 32.5 Å². The second kappa shape index (κ2) is 26.9. The molecule has 13 N–H and O–H groups in total. The highest BCUT2D eigenvalue weighted by Gasteiger charge is 2.35.